The predicted molar refractivity (Wildman–Crippen MR) is 46.2 cm³/mol. The van der Waals surface area contributed by atoms with Crippen molar-refractivity contribution in [2.45, 2.75) is 13.5 Å². The van der Waals surface area contributed by atoms with Gasteiger partial charge in [-0.15, -0.1) is 0 Å². The number of hydrogen-bond donors (Lipinski definition) is 1. The second kappa shape index (κ2) is 3.91. The Labute approximate surface area is 80.1 Å². The number of carboxylic acid groups (broad SMARTS) is 1. The summed E-state index contributed by atoms with van der Waals surface area (Å²) in [5, 5.41) is 12.5. The quantitative estimate of drug-likeness (QED) is 0.710. The van der Waals surface area contributed by atoms with Crippen molar-refractivity contribution in [1.29, 1.82) is 0 Å². The topological polar surface area (TPSA) is 81.4 Å². The Morgan fingerprint density at radius 2 is 2.29 bits per heavy atom. The number of carbonyl (C=O) groups is 2. The minimum Gasteiger partial charge on any atom is -0.478 e. The minimum absolute atomic E-state index is 0.0255. The monoisotopic (exact) mass is 198 g/mol. The first-order chi connectivity index (χ1) is 6.61. The molecule has 0 radical (unpaired) electrons. The first kappa shape index (κ1) is 10.2. The molecule has 0 fully saturated rings. The summed E-state index contributed by atoms with van der Waals surface area (Å²) in [5.74, 6) is -1.88. The second-order valence-corrected chi connectivity index (χ2v) is 2.52. The first-order valence-corrected chi connectivity index (χ1v) is 3.99. The molecule has 0 saturated heterocycles. The summed E-state index contributed by atoms with van der Waals surface area (Å²) in [7, 11) is 1.20. The van der Waals surface area contributed by atoms with Gasteiger partial charge in [-0.05, 0) is 6.92 Å². The number of rotatable bonds is 3. The van der Waals surface area contributed by atoms with Gasteiger partial charge in [-0.25, -0.2) is 9.59 Å². The SMILES string of the molecule is CCn1ncc(C(=O)O)c1C(=O)OC. The third-order valence-electron chi connectivity index (χ3n) is 1.75. The molecule has 0 amide bonds. The number of aromatic nitrogens is 2. The van der Waals surface area contributed by atoms with Crippen LogP contribution in [-0.2, 0) is 11.3 Å². The normalized spacial score (nSPS) is 9.86. The van der Waals surface area contributed by atoms with E-state index in [4.69, 9.17) is 5.11 Å². The van der Waals surface area contributed by atoms with Crippen molar-refractivity contribution in [3.05, 3.63) is 17.5 Å². The zero-order valence-electron chi connectivity index (χ0n) is 7.85. The van der Waals surface area contributed by atoms with E-state index >= 15 is 0 Å². The van der Waals surface area contributed by atoms with E-state index in [1.165, 1.54) is 11.8 Å². The molecule has 1 aromatic rings. The number of hydrogen-bond acceptors (Lipinski definition) is 4. The van der Waals surface area contributed by atoms with Crippen molar-refractivity contribution in [1.82, 2.24) is 9.78 Å². The molecule has 1 rings (SSSR count). The lowest BCUT2D eigenvalue weighted by Crippen LogP contribution is -2.14. The lowest BCUT2D eigenvalue weighted by Gasteiger charge is -2.02. The van der Waals surface area contributed by atoms with Gasteiger partial charge in [0.2, 0.25) is 0 Å². The molecule has 0 saturated carbocycles. The molecule has 0 unspecified atom stereocenters. The van der Waals surface area contributed by atoms with E-state index < -0.39 is 11.9 Å². The van der Waals surface area contributed by atoms with E-state index in [0.717, 1.165) is 6.20 Å². The van der Waals surface area contributed by atoms with Gasteiger partial charge in [-0.3, -0.25) is 4.68 Å². The van der Waals surface area contributed by atoms with Crippen molar-refractivity contribution in [2.24, 2.45) is 0 Å². The number of methoxy groups -OCH3 is 1. The molecule has 0 atom stereocenters. The van der Waals surface area contributed by atoms with Crippen LogP contribution in [0.25, 0.3) is 0 Å². The number of aryl methyl sites for hydroxylation is 1. The lowest BCUT2D eigenvalue weighted by atomic mass is 10.2. The van der Waals surface area contributed by atoms with Gasteiger partial charge < -0.3 is 9.84 Å². The van der Waals surface area contributed by atoms with Crippen molar-refractivity contribution in [3.8, 4) is 0 Å². The highest BCUT2D eigenvalue weighted by Gasteiger charge is 2.22. The van der Waals surface area contributed by atoms with Crippen LogP contribution in [0.2, 0.25) is 0 Å². The molecule has 14 heavy (non-hydrogen) atoms. The summed E-state index contributed by atoms with van der Waals surface area (Å²) < 4.78 is 5.75. The molecule has 0 spiro atoms. The van der Waals surface area contributed by atoms with Crippen molar-refractivity contribution < 1.29 is 19.4 Å². The number of aromatic carboxylic acids is 1. The third kappa shape index (κ3) is 1.59. The third-order valence-corrected chi connectivity index (χ3v) is 1.75. The Kier molecular flexibility index (Phi) is 2.85. The Morgan fingerprint density at radius 1 is 1.64 bits per heavy atom. The summed E-state index contributed by atoms with van der Waals surface area (Å²) >= 11 is 0. The Balaban J connectivity index is 3.26. The fourth-order valence-corrected chi connectivity index (χ4v) is 1.09. The van der Waals surface area contributed by atoms with Crippen LogP contribution >= 0.6 is 0 Å². The predicted octanol–water partition coefficient (Wildman–Crippen LogP) is 0.388. The molecule has 0 bridgehead atoms. The average molecular weight is 198 g/mol. The standard InChI is InChI=1S/C8H10N2O4/c1-3-10-6(8(13)14-2)5(4-9-10)7(11)12/h4H,3H2,1-2H3,(H,11,12). The number of carbonyl (C=O) groups excluding carboxylic acids is 1. The largest absolute Gasteiger partial charge is 0.478 e. The fraction of sp³-hybridized carbons (Fsp3) is 0.375. The van der Waals surface area contributed by atoms with Gasteiger partial charge in [0.1, 0.15) is 5.56 Å². The van der Waals surface area contributed by atoms with E-state index in [-0.39, 0.29) is 11.3 Å². The molecular formula is C8H10N2O4. The summed E-state index contributed by atoms with van der Waals surface area (Å²) in [6.07, 6.45) is 1.14. The van der Waals surface area contributed by atoms with E-state index in [1.54, 1.807) is 6.92 Å². The van der Waals surface area contributed by atoms with E-state index in [0.29, 0.717) is 6.54 Å². The van der Waals surface area contributed by atoms with E-state index in [2.05, 4.69) is 9.84 Å². The fourth-order valence-electron chi connectivity index (χ4n) is 1.09. The van der Waals surface area contributed by atoms with E-state index in [1.807, 2.05) is 0 Å². The molecule has 0 aliphatic heterocycles. The second-order valence-electron chi connectivity index (χ2n) is 2.52. The summed E-state index contributed by atoms with van der Waals surface area (Å²) in [4.78, 5) is 21.9. The highest BCUT2D eigenvalue weighted by molar-refractivity contribution is 6.00. The highest BCUT2D eigenvalue weighted by Crippen LogP contribution is 2.09. The zero-order chi connectivity index (χ0) is 10.7. The maximum atomic E-state index is 11.2. The van der Waals surface area contributed by atoms with E-state index in [9.17, 15) is 9.59 Å². The highest BCUT2D eigenvalue weighted by atomic mass is 16.5. The van der Waals surface area contributed by atoms with Crippen LogP contribution in [0.15, 0.2) is 6.20 Å². The van der Waals surface area contributed by atoms with Crippen LogP contribution in [0.4, 0.5) is 0 Å². The van der Waals surface area contributed by atoms with Crippen molar-refractivity contribution in [3.63, 3.8) is 0 Å². The molecule has 6 heteroatoms. The molecule has 0 aromatic carbocycles. The number of nitrogens with zero attached hydrogens (tertiary/aromatic N) is 2. The zero-order valence-corrected chi connectivity index (χ0v) is 7.85. The van der Waals surface area contributed by atoms with Gasteiger partial charge in [0.25, 0.3) is 0 Å². The van der Waals surface area contributed by atoms with Crippen molar-refractivity contribution in [2.75, 3.05) is 7.11 Å². The van der Waals surface area contributed by atoms with Crippen molar-refractivity contribution >= 4 is 11.9 Å². The average Bonchev–Trinajstić information content (AvgIpc) is 2.59. The van der Waals surface area contributed by atoms with Crippen LogP contribution in [0.5, 0.6) is 0 Å². The van der Waals surface area contributed by atoms with Gasteiger partial charge in [0.05, 0.1) is 13.3 Å². The Morgan fingerprint density at radius 3 is 2.71 bits per heavy atom. The smallest absolute Gasteiger partial charge is 0.357 e. The van der Waals surface area contributed by atoms with Crippen LogP contribution in [-0.4, -0.2) is 33.9 Å². The van der Waals surface area contributed by atoms with Gasteiger partial charge in [0, 0.05) is 6.54 Å². The Hall–Kier alpha value is -1.85. The van der Waals surface area contributed by atoms with Crippen LogP contribution < -0.4 is 0 Å². The van der Waals surface area contributed by atoms with Crippen LogP contribution in [0, 0.1) is 0 Å². The molecule has 1 aromatic heterocycles. The number of esters is 1. The Bertz CT molecular complexity index is 369. The lowest BCUT2D eigenvalue weighted by molar-refractivity contribution is 0.0570. The molecular weight excluding hydrogens is 188 g/mol. The molecule has 1 N–H and O–H groups in total. The first-order valence-electron chi connectivity index (χ1n) is 3.99. The van der Waals surface area contributed by atoms with Crippen LogP contribution in [0.3, 0.4) is 0 Å². The maximum Gasteiger partial charge on any atom is 0.357 e. The maximum absolute atomic E-state index is 11.2. The van der Waals surface area contributed by atoms with Gasteiger partial charge in [0.15, 0.2) is 5.69 Å². The summed E-state index contributed by atoms with van der Waals surface area (Å²) in [6.45, 7) is 2.17. The van der Waals surface area contributed by atoms with Gasteiger partial charge in [-0.1, -0.05) is 0 Å². The van der Waals surface area contributed by atoms with Crippen LogP contribution in [0.1, 0.15) is 27.8 Å². The number of ether oxygens (including phenoxy) is 1. The molecule has 0 aliphatic carbocycles. The minimum atomic E-state index is -1.19. The molecule has 1 heterocycles. The molecule has 0 aliphatic rings. The van der Waals surface area contributed by atoms with Gasteiger partial charge in [-0.2, -0.15) is 5.10 Å². The summed E-state index contributed by atoms with van der Waals surface area (Å²) in [6, 6.07) is 0. The molecule has 6 nitrogen and oxygen atoms in total. The number of carboxylic acids is 1. The molecule has 76 valence electrons. The summed E-state index contributed by atoms with van der Waals surface area (Å²) in [5.41, 5.74) is -0.166. The van der Waals surface area contributed by atoms with Gasteiger partial charge >= 0.3 is 11.9 Å².